The van der Waals surface area contributed by atoms with Crippen molar-refractivity contribution in [3.63, 3.8) is 0 Å². The molecule has 0 aromatic heterocycles. The van der Waals surface area contributed by atoms with Crippen LogP contribution < -0.4 is 20.4 Å². The zero-order valence-corrected chi connectivity index (χ0v) is 8.22. The molecule has 0 amide bonds. The van der Waals surface area contributed by atoms with Gasteiger partial charge in [-0.25, -0.2) is 0 Å². The summed E-state index contributed by atoms with van der Waals surface area (Å²) in [4.78, 5) is 35.7. The normalized spacial score (nSPS) is 6.77. The molecule has 9 heteroatoms. The molecule has 0 aromatic carbocycles. The van der Waals surface area contributed by atoms with Crippen LogP contribution in [0.5, 0.6) is 0 Å². The van der Waals surface area contributed by atoms with E-state index in [-0.39, 0.29) is 26.2 Å². The van der Waals surface area contributed by atoms with Gasteiger partial charge in [0.1, 0.15) is 0 Å². The fourth-order valence-corrected chi connectivity index (χ4v) is 0. The molecule has 0 N–H and O–H groups in total. The Morgan fingerprint density at radius 2 is 0.615 bits per heavy atom. The first kappa shape index (κ1) is 17.7. The largest absolute Gasteiger partial charge is 0.543 e. The van der Waals surface area contributed by atoms with Gasteiger partial charge in [-0.1, -0.05) is 0 Å². The second-order valence-corrected chi connectivity index (χ2v) is 1.15. The van der Waals surface area contributed by atoms with Crippen LogP contribution in [-0.4, -0.2) is 23.9 Å². The predicted molar refractivity (Wildman–Crippen MR) is 20.0 cm³/mol. The molecule has 0 saturated carbocycles. The van der Waals surface area contributed by atoms with E-state index in [1.807, 2.05) is 0 Å². The summed E-state index contributed by atoms with van der Waals surface area (Å²) in [5.41, 5.74) is 0. The van der Waals surface area contributed by atoms with Gasteiger partial charge in [0.2, 0.25) is 0 Å². The molecule has 72 valence electrons. The van der Waals surface area contributed by atoms with Crippen molar-refractivity contribution in [2.75, 3.05) is 0 Å². The van der Waals surface area contributed by atoms with E-state index in [4.69, 9.17) is 39.6 Å². The molecule has 8 nitrogen and oxygen atoms in total. The van der Waals surface area contributed by atoms with E-state index in [9.17, 15) is 0 Å². The molecule has 0 spiro atoms. The van der Waals surface area contributed by atoms with Gasteiger partial charge in [-0.3, -0.25) is 0 Å². The van der Waals surface area contributed by atoms with Crippen LogP contribution in [0.15, 0.2) is 0 Å². The number of hydrogen-bond donors (Lipinski definition) is 0. The first-order valence-electron chi connectivity index (χ1n) is 2.13. The monoisotopic (exact) mass is 266 g/mol. The third kappa shape index (κ3) is 18.1. The van der Waals surface area contributed by atoms with Crippen molar-refractivity contribution in [3.05, 3.63) is 0 Å². The summed E-state index contributed by atoms with van der Waals surface area (Å²) in [6.07, 6.45) is 0. The topological polar surface area (TPSA) is 161 Å². The van der Waals surface area contributed by atoms with Crippen molar-refractivity contribution in [1.29, 1.82) is 0 Å². The van der Waals surface area contributed by atoms with E-state index in [1.54, 1.807) is 0 Å². The maximum absolute atomic E-state index is 8.93. The van der Waals surface area contributed by atoms with E-state index in [0.717, 1.165) is 0 Å². The maximum atomic E-state index is 8.93. The average Bonchev–Trinajstić information content (AvgIpc) is 1.88. The Morgan fingerprint density at radius 1 is 0.538 bits per heavy atom. The minimum atomic E-state index is -2.19. The van der Waals surface area contributed by atoms with E-state index < -0.39 is 23.9 Å². The van der Waals surface area contributed by atoms with Crippen LogP contribution in [0.25, 0.3) is 0 Å². The van der Waals surface area contributed by atoms with Gasteiger partial charge in [-0.15, -0.1) is 0 Å². The van der Waals surface area contributed by atoms with Crippen LogP contribution in [0.1, 0.15) is 0 Å². The Hall–Kier alpha value is -1.24. The van der Waals surface area contributed by atoms with Crippen molar-refractivity contribution < 1.29 is 65.8 Å². The summed E-state index contributed by atoms with van der Waals surface area (Å²) >= 11 is 0. The summed E-state index contributed by atoms with van der Waals surface area (Å²) in [7, 11) is 0. The molecular formula is C4O8Zr-4. The molecule has 0 unspecified atom stereocenters. The first-order chi connectivity index (χ1) is 5.29. The van der Waals surface area contributed by atoms with Crippen molar-refractivity contribution in [2.45, 2.75) is 0 Å². The fraction of sp³-hybridized carbons (Fsp3) is 0. The number of carbonyl (C=O) groups is 4. The van der Waals surface area contributed by atoms with E-state index in [1.165, 1.54) is 0 Å². The van der Waals surface area contributed by atoms with Crippen molar-refractivity contribution >= 4 is 23.9 Å². The molecule has 0 aliphatic carbocycles. The predicted octanol–water partition coefficient (Wildman–Crippen LogP) is -7.03. The van der Waals surface area contributed by atoms with E-state index in [2.05, 4.69) is 0 Å². The average molecular weight is 267 g/mol. The van der Waals surface area contributed by atoms with Gasteiger partial charge in [0.15, 0.2) is 0 Å². The molecule has 0 aliphatic heterocycles. The maximum Gasteiger partial charge on any atom is 0.0870 e. The van der Waals surface area contributed by atoms with E-state index in [0.29, 0.717) is 0 Å². The second kappa shape index (κ2) is 8.86. The van der Waals surface area contributed by atoms with E-state index >= 15 is 0 Å². The Balaban J connectivity index is -0.000000143. The molecule has 0 fully saturated rings. The molecule has 0 saturated heterocycles. The Bertz CT molecular complexity index is 172. The zero-order chi connectivity index (χ0) is 10.3. The Kier molecular flexibility index (Phi) is 12.1. The van der Waals surface area contributed by atoms with Crippen molar-refractivity contribution in [2.24, 2.45) is 0 Å². The number of hydrogen-bond acceptors (Lipinski definition) is 8. The SMILES string of the molecule is O=C([O-])C(=O)[O-].O=C([O-])C(=O)[O-].[Zr]. The quantitative estimate of drug-likeness (QED) is 0.391. The van der Waals surface area contributed by atoms with Crippen molar-refractivity contribution in [3.8, 4) is 0 Å². The smallest absolute Gasteiger partial charge is 0.0870 e. The first-order valence-corrected chi connectivity index (χ1v) is 2.13. The number of carboxylic acid groups (broad SMARTS) is 4. The molecule has 0 atom stereocenters. The number of rotatable bonds is 0. The number of carboxylic acids is 4. The molecule has 0 bridgehead atoms. The van der Waals surface area contributed by atoms with Crippen LogP contribution >= 0.6 is 0 Å². The van der Waals surface area contributed by atoms with Gasteiger partial charge in [0, 0.05) is 26.2 Å². The van der Waals surface area contributed by atoms with Crippen LogP contribution in [0.2, 0.25) is 0 Å². The number of aliphatic carboxylic acids is 4. The summed E-state index contributed by atoms with van der Waals surface area (Å²) in [6, 6.07) is 0. The molecule has 13 heavy (non-hydrogen) atoms. The summed E-state index contributed by atoms with van der Waals surface area (Å²) in [5, 5.41) is 35.7. The van der Waals surface area contributed by atoms with Gasteiger partial charge in [-0.2, -0.15) is 0 Å². The van der Waals surface area contributed by atoms with Crippen LogP contribution in [0.3, 0.4) is 0 Å². The van der Waals surface area contributed by atoms with Gasteiger partial charge in [0.05, 0.1) is 23.9 Å². The second-order valence-electron chi connectivity index (χ2n) is 1.15. The standard InChI is InChI=1S/2C2H2O4.Zr/c2*3-1(4)2(5)6;/h2*(H,3,4)(H,5,6);/p-4. The minimum Gasteiger partial charge on any atom is -0.543 e. The van der Waals surface area contributed by atoms with Crippen LogP contribution in [0, 0.1) is 0 Å². The number of carbonyl (C=O) groups excluding carboxylic acids is 4. The fourth-order valence-electron chi connectivity index (χ4n) is 0. The van der Waals surface area contributed by atoms with Gasteiger partial charge in [-0.05, 0) is 0 Å². The third-order valence-electron chi connectivity index (χ3n) is 0.333. The third-order valence-corrected chi connectivity index (χ3v) is 0.333. The molecule has 0 radical (unpaired) electrons. The summed E-state index contributed by atoms with van der Waals surface area (Å²) in [5.74, 6) is -8.74. The van der Waals surface area contributed by atoms with Gasteiger partial charge in [0.25, 0.3) is 0 Å². The summed E-state index contributed by atoms with van der Waals surface area (Å²) < 4.78 is 0. The molecular weight excluding hydrogens is 267 g/mol. The summed E-state index contributed by atoms with van der Waals surface area (Å²) in [6.45, 7) is 0. The van der Waals surface area contributed by atoms with Crippen molar-refractivity contribution in [1.82, 2.24) is 0 Å². The zero-order valence-electron chi connectivity index (χ0n) is 5.77. The van der Waals surface area contributed by atoms with Crippen LogP contribution in [-0.2, 0) is 45.4 Å². The van der Waals surface area contributed by atoms with Gasteiger partial charge >= 0.3 is 0 Å². The Morgan fingerprint density at radius 3 is 0.615 bits per heavy atom. The van der Waals surface area contributed by atoms with Gasteiger partial charge < -0.3 is 39.6 Å². The Labute approximate surface area is 89.9 Å². The minimum absolute atomic E-state index is 0. The molecule has 0 aliphatic rings. The molecule has 0 aromatic rings. The van der Waals surface area contributed by atoms with Crippen LogP contribution in [0.4, 0.5) is 0 Å². The molecule has 0 heterocycles. The molecule has 0 rings (SSSR count).